The van der Waals surface area contributed by atoms with E-state index in [0.717, 1.165) is 25.1 Å². The lowest BCUT2D eigenvalue weighted by Gasteiger charge is -2.18. The summed E-state index contributed by atoms with van der Waals surface area (Å²) in [6, 6.07) is 1.96. The molecular formula is C13H21N5O3S. The molecule has 22 heavy (non-hydrogen) atoms. The first-order valence-electron chi connectivity index (χ1n) is 6.91. The quantitative estimate of drug-likeness (QED) is 0.435. The van der Waals surface area contributed by atoms with Gasteiger partial charge in [0.1, 0.15) is 11.7 Å². The molecule has 0 saturated heterocycles. The molecule has 0 amide bonds. The Labute approximate surface area is 129 Å². The lowest BCUT2D eigenvalue weighted by atomic mass is 10.1. The summed E-state index contributed by atoms with van der Waals surface area (Å²) in [4.78, 5) is 0. The molecule has 0 aliphatic heterocycles. The lowest BCUT2D eigenvalue weighted by Crippen LogP contribution is -2.20. The molecule has 1 aromatic heterocycles. The van der Waals surface area contributed by atoms with E-state index in [-0.39, 0.29) is 24.4 Å². The third-order valence-corrected chi connectivity index (χ3v) is 4.28. The standard InChI is InChI=1S/C13H21N5O3S/c1-2-17-13-11(12(14)15)5-6-18(13)10-4-3-9(7-10)8-21-22(16,19)20/h2,5-6,9-10,17H,1,3-4,7-8H2,(H3,14,15)(H2,16,19,20)/t9-,10+/m0/s1. The van der Waals surface area contributed by atoms with Gasteiger partial charge in [0.15, 0.2) is 0 Å². The molecule has 2 rings (SSSR count). The highest BCUT2D eigenvalue weighted by atomic mass is 32.2. The number of hydrogen-bond donors (Lipinski definition) is 4. The van der Waals surface area contributed by atoms with Crippen LogP contribution in [0.1, 0.15) is 30.9 Å². The highest BCUT2D eigenvalue weighted by Gasteiger charge is 2.29. The van der Waals surface area contributed by atoms with Crippen molar-refractivity contribution in [3.63, 3.8) is 0 Å². The molecule has 2 atom stereocenters. The summed E-state index contributed by atoms with van der Waals surface area (Å²) in [6.45, 7) is 3.74. The van der Waals surface area contributed by atoms with Crippen LogP contribution in [-0.4, -0.2) is 25.4 Å². The maximum absolute atomic E-state index is 10.8. The zero-order valence-electron chi connectivity index (χ0n) is 12.2. The number of aromatic nitrogens is 1. The lowest BCUT2D eigenvalue weighted by molar-refractivity contribution is 0.253. The minimum atomic E-state index is -3.89. The summed E-state index contributed by atoms with van der Waals surface area (Å²) in [6.07, 6.45) is 5.91. The monoisotopic (exact) mass is 327 g/mol. The Balaban J connectivity index is 2.10. The van der Waals surface area contributed by atoms with E-state index < -0.39 is 10.3 Å². The summed E-state index contributed by atoms with van der Waals surface area (Å²) >= 11 is 0. The summed E-state index contributed by atoms with van der Waals surface area (Å²) in [5.74, 6) is 0.832. The van der Waals surface area contributed by atoms with Crippen molar-refractivity contribution in [3.05, 3.63) is 30.6 Å². The molecule has 1 aliphatic carbocycles. The van der Waals surface area contributed by atoms with Gasteiger partial charge in [-0.1, -0.05) is 6.58 Å². The Hall–Kier alpha value is -1.84. The van der Waals surface area contributed by atoms with Gasteiger partial charge < -0.3 is 15.6 Å². The molecule has 9 heteroatoms. The first kappa shape index (κ1) is 16.5. The Morgan fingerprint density at radius 1 is 1.59 bits per heavy atom. The first-order chi connectivity index (χ1) is 10.3. The smallest absolute Gasteiger partial charge is 0.333 e. The fraction of sp³-hybridized carbons (Fsp3) is 0.462. The second-order valence-corrected chi connectivity index (χ2v) is 6.58. The number of amidine groups is 1. The van der Waals surface area contributed by atoms with Crippen molar-refractivity contribution < 1.29 is 12.6 Å². The molecule has 1 heterocycles. The summed E-state index contributed by atoms with van der Waals surface area (Å²) < 4.78 is 28.4. The van der Waals surface area contributed by atoms with Gasteiger partial charge in [-0.05, 0) is 37.4 Å². The molecule has 0 unspecified atom stereocenters. The van der Waals surface area contributed by atoms with Gasteiger partial charge in [0.2, 0.25) is 0 Å². The van der Waals surface area contributed by atoms with Crippen molar-refractivity contribution in [1.82, 2.24) is 4.57 Å². The second kappa shape index (κ2) is 6.51. The normalized spacial score (nSPS) is 21.7. The molecule has 1 aromatic rings. The van der Waals surface area contributed by atoms with Crippen LogP contribution in [0.3, 0.4) is 0 Å². The topological polar surface area (TPSA) is 136 Å². The van der Waals surface area contributed by atoms with Crippen LogP contribution < -0.4 is 16.2 Å². The van der Waals surface area contributed by atoms with E-state index in [9.17, 15) is 8.42 Å². The highest BCUT2D eigenvalue weighted by Crippen LogP contribution is 2.37. The van der Waals surface area contributed by atoms with E-state index >= 15 is 0 Å². The van der Waals surface area contributed by atoms with Crippen LogP contribution in [-0.2, 0) is 14.5 Å². The number of rotatable bonds is 7. The number of nitrogens with one attached hydrogen (secondary N) is 2. The third kappa shape index (κ3) is 3.87. The summed E-state index contributed by atoms with van der Waals surface area (Å²) in [7, 11) is -3.89. The van der Waals surface area contributed by atoms with Crippen LogP contribution >= 0.6 is 0 Å². The van der Waals surface area contributed by atoms with Crippen LogP contribution in [0.2, 0.25) is 0 Å². The van der Waals surface area contributed by atoms with Gasteiger partial charge in [0.05, 0.1) is 12.2 Å². The van der Waals surface area contributed by atoms with Gasteiger partial charge in [0, 0.05) is 12.2 Å². The van der Waals surface area contributed by atoms with Gasteiger partial charge >= 0.3 is 10.3 Å². The number of nitrogen functional groups attached to an aromatic ring is 1. The Morgan fingerprint density at radius 2 is 2.32 bits per heavy atom. The number of hydrogen-bond acceptors (Lipinski definition) is 5. The maximum Gasteiger partial charge on any atom is 0.333 e. The number of nitrogens with two attached hydrogens (primary N) is 2. The summed E-state index contributed by atoms with van der Waals surface area (Å²) in [5, 5.41) is 15.5. The predicted octanol–water partition coefficient (Wildman–Crippen LogP) is 0.889. The van der Waals surface area contributed by atoms with Crippen LogP contribution in [0.15, 0.2) is 25.0 Å². The van der Waals surface area contributed by atoms with Crippen molar-refractivity contribution in [1.29, 1.82) is 5.41 Å². The highest BCUT2D eigenvalue weighted by molar-refractivity contribution is 7.84. The number of nitrogens with zero attached hydrogens (tertiary/aromatic N) is 1. The molecule has 0 bridgehead atoms. The van der Waals surface area contributed by atoms with Gasteiger partial charge in [-0.25, -0.2) is 5.14 Å². The Morgan fingerprint density at radius 3 is 2.91 bits per heavy atom. The fourth-order valence-corrected chi connectivity index (χ4v) is 3.24. The van der Waals surface area contributed by atoms with E-state index in [1.807, 2.05) is 10.8 Å². The maximum atomic E-state index is 10.8. The molecule has 8 nitrogen and oxygen atoms in total. The molecule has 1 fully saturated rings. The second-order valence-electron chi connectivity index (χ2n) is 5.36. The molecule has 1 saturated carbocycles. The van der Waals surface area contributed by atoms with Crippen LogP contribution in [0.4, 0.5) is 5.82 Å². The number of anilines is 1. The van der Waals surface area contributed by atoms with Crippen molar-refractivity contribution >= 4 is 22.0 Å². The van der Waals surface area contributed by atoms with Crippen LogP contribution in [0, 0.1) is 11.3 Å². The zero-order chi connectivity index (χ0) is 16.3. The van der Waals surface area contributed by atoms with Crippen LogP contribution in [0.5, 0.6) is 0 Å². The van der Waals surface area contributed by atoms with Gasteiger partial charge in [-0.3, -0.25) is 9.59 Å². The Bertz CT molecular complexity index is 667. The van der Waals surface area contributed by atoms with Gasteiger partial charge in [-0.2, -0.15) is 8.42 Å². The fourth-order valence-electron chi connectivity index (χ4n) is 2.86. The van der Waals surface area contributed by atoms with E-state index in [2.05, 4.69) is 16.1 Å². The molecule has 0 aromatic carbocycles. The Kier molecular flexibility index (Phi) is 4.89. The minimum Gasteiger partial charge on any atom is -0.384 e. The van der Waals surface area contributed by atoms with Crippen molar-refractivity contribution in [2.75, 3.05) is 11.9 Å². The zero-order valence-corrected chi connectivity index (χ0v) is 13.0. The molecule has 0 radical (unpaired) electrons. The molecular weight excluding hydrogens is 306 g/mol. The average Bonchev–Trinajstić information content (AvgIpc) is 3.02. The van der Waals surface area contributed by atoms with Crippen LogP contribution in [0.25, 0.3) is 0 Å². The van der Waals surface area contributed by atoms with E-state index in [4.69, 9.17) is 16.3 Å². The molecule has 0 spiro atoms. The minimum absolute atomic E-state index is 0.0183. The van der Waals surface area contributed by atoms with Crippen molar-refractivity contribution in [2.45, 2.75) is 25.3 Å². The first-order valence-corrected chi connectivity index (χ1v) is 8.38. The SMILES string of the molecule is C=CNc1c(C(=N)N)ccn1[C@@H]1CC[C@H](COS(N)(=O)=O)C1. The third-order valence-electron chi connectivity index (χ3n) is 3.82. The predicted molar refractivity (Wildman–Crippen MR) is 84.7 cm³/mol. The largest absolute Gasteiger partial charge is 0.384 e. The molecule has 1 aliphatic rings. The van der Waals surface area contributed by atoms with E-state index in [0.29, 0.717) is 5.56 Å². The molecule has 122 valence electrons. The van der Waals surface area contributed by atoms with Gasteiger partial charge in [0.25, 0.3) is 0 Å². The van der Waals surface area contributed by atoms with E-state index in [1.54, 1.807) is 6.07 Å². The van der Waals surface area contributed by atoms with E-state index in [1.165, 1.54) is 6.20 Å². The average molecular weight is 327 g/mol. The van der Waals surface area contributed by atoms with Crippen molar-refractivity contribution in [2.24, 2.45) is 16.8 Å². The van der Waals surface area contributed by atoms with Gasteiger partial charge in [-0.15, -0.1) is 0 Å². The molecule has 6 N–H and O–H groups in total. The van der Waals surface area contributed by atoms with Crippen molar-refractivity contribution in [3.8, 4) is 0 Å². The summed E-state index contributed by atoms with van der Waals surface area (Å²) in [5.41, 5.74) is 6.19.